The van der Waals surface area contributed by atoms with Crippen LogP contribution in [0.2, 0.25) is 0 Å². The molecule has 0 aliphatic carbocycles. The molecule has 0 spiro atoms. The molecule has 0 bridgehead atoms. The minimum Gasteiger partial charge on any atom is -0.463 e. The van der Waals surface area contributed by atoms with E-state index in [9.17, 15) is 15.3 Å². The Morgan fingerprint density at radius 3 is 2.36 bits per heavy atom. The van der Waals surface area contributed by atoms with Gasteiger partial charge in [-0.05, 0) is 24.6 Å². The number of aromatic nitrogens is 1. The first-order chi connectivity index (χ1) is 17.5. The van der Waals surface area contributed by atoms with E-state index in [0.717, 1.165) is 5.56 Å². The van der Waals surface area contributed by atoms with Crippen LogP contribution in [0, 0.1) is 22.7 Å². The Bertz CT molecular complexity index is 1440. The molecule has 2 N–H and O–H groups in total. The molecule has 0 saturated heterocycles. The largest absolute Gasteiger partial charge is 0.463 e. The summed E-state index contributed by atoms with van der Waals surface area (Å²) in [5.41, 5.74) is 9.04. The zero-order valence-corrected chi connectivity index (χ0v) is 20.3. The fourth-order valence-electron chi connectivity index (χ4n) is 4.06. The molecule has 2 atom stereocenters. The molecule has 7 nitrogen and oxygen atoms in total. The van der Waals surface area contributed by atoms with Crippen LogP contribution in [0.5, 0.6) is 0 Å². The van der Waals surface area contributed by atoms with Crippen molar-refractivity contribution in [3.63, 3.8) is 0 Å². The standard InChI is InChI=1S/C28H22N4O3S/c1-2-34-28(33)23-22(18-11-7-4-8-12-18)20(16-30)27(31)35-25(23)26(36)24-19(15-29)13-14-21(32-24)17-9-5-3-6-10-17/h3-14,22,26,36H,2,31H2,1H3. The Balaban J connectivity index is 1.93. The first-order valence-corrected chi connectivity index (χ1v) is 11.7. The molecule has 0 fully saturated rings. The molecule has 0 saturated carbocycles. The quantitative estimate of drug-likeness (QED) is 0.368. The molecule has 8 heteroatoms. The summed E-state index contributed by atoms with van der Waals surface area (Å²) in [7, 11) is 0. The van der Waals surface area contributed by atoms with E-state index in [2.05, 4.69) is 12.1 Å². The Labute approximate surface area is 214 Å². The van der Waals surface area contributed by atoms with Crippen molar-refractivity contribution in [2.24, 2.45) is 5.73 Å². The van der Waals surface area contributed by atoms with Crippen LogP contribution in [-0.4, -0.2) is 17.6 Å². The second kappa shape index (κ2) is 10.8. The van der Waals surface area contributed by atoms with Crippen molar-refractivity contribution in [2.45, 2.75) is 18.1 Å². The third kappa shape index (κ3) is 4.68. The van der Waals surface area contributed by atoms with Crippen LogP contribution in [0.3, 0.4) is 0 Å². The lowest BCUT2D eigenvalue weighted by atomic mass is 9.82. The van der Waals surface area contributed by atoms with Gasteiger partial charge in [0.2, 0.25) is 5.88 Å². The van der Waals surface area contributed by atoms with E-state index in [-0.39, 0.29) is 35.0 Å². The van der Waals surface area contributed by atoms with Crippen molar-refractivity contribution in [3.8, 4) is 23.4 Å². The summed E-state index contributed by atoms with van der Waals surface area (Å²) in [5.74, 6) is -1.59. The van der Waals surface area contributed by atoms with E-state index in [4.69, 9.17) is 32.8 Å². The monoisotopic (exact) mass is 494 g/mol. The van der Waals surface area contributed by atoms with Crippen molar-refractivity contribution < 1.29 is 14.3 Å². The van der Waals surface area contributed by atoms with Gasteiger partial charge in [-0.25, -0.2) is 9.78 Å². The first kappa shape index (κ1) is 24.6. The molecule has 1 aromatic heterocycles. The zero-order chi connectivity index (χ0) is 25.7. The fraction of sp³-hybridized carbons (Fsp3) is 0.143. The van der Waals surface area contributed by atoms with Gasteiger partial charge in [-0.3, -0.25) is 0 Å². The number of pyridine rings is 1. The molecule has 1 aliphatic rings. The van der Waals surface area contributed by atoms with E-state index in [1.165, 1.54) is 0 Å². The highest BCUT2D eigenvalue weighted by Gasteiger charge is 2.40. The third-order valence-electron chi connectivity index (χ3n) is 5.70. The Hall–Kier alpha value is -4.53. The lowest BCUT2D eigenvalue weighted by Crippen LogP contribution is -2.28. The summed E-state index contributed by atoms with van der Waals surface area (Å²) >= 11 is 4.76. The van der Waals surface area contributed by atoms with E-state index in [1.54, 1.807) is 43.3 Å². The lowest BCUT2D eigenvalue weighted by molar-refractivity contribution is -0.139. The van der Waals surface area contributed by atoms with Gasteiger partial charge in [-0.2, -0.15) is 23.2 Å². The highest BCUT2D eigenvalue weighted by atomic mass is 32.1. The van der Waals surface area contributed by atoms with Gasteiger partial charge < -0.3 is 15.2 Å². The fourth-order valence-corrected chi connectivity index (χ4v) is 4.45. The second-order valence-corrected chi connectivity index (χ2v) is 8.36. The number of hydrogen-bond donors (Lipinski definition) is 2. The number of allylic oxidation sites excluding steroid dienone is 1. The van der Waals surface area contributed by atoms with Gasteiger partial charge in [0.05, 0.1) is 35.0 Å². The van der Waals surface area contributed by atoms with E-state index >= 15 is 0 Å². The minimum absolute atomic E-state index is 0.0661. The van der Waals surface area contributed by atoms with Gasteiger partial charge in [0.25, 0.3) is 0 Å². The summed E-state index contributed by atoms with van der Waals surface area (Å²) in [6.07, 6.45) is 0. The van der Waals surface area contributed by atoms with Crippen molar-refractivity contribution in [3.05, 3.63) is 112 Å². The normalized spacial score (nSPS) is 15.9. The van der Waals surface area contributed by atoms with E-state index in [0.29, 0.717) is 17.0 Å². The van der Waals surface area contributed by atoms with Crippen molar-refractivity contribution in [1.29, 1.82) is 10.5 Å². The van der Waals surface area contributed by atoms with Crippen LogP contribution in [0.4, 0.5) is 0 Å². The first-order valence-electron chi connectivity index (χ1n) is 11.2. The second-order valence-electron chi connectivity index (χ2n) is 7.84. The number of ether oxygens (including phenoxy) is 2. The molecule has 3 aromatic rings. The molecule has 2 aromatic carbocycles. The number of thiol groups is 1. The van der Waals surface area contributed by atoms with Gasteiger partial charge in [-0.1, -0.05) is 60.7 Å². The summed E-state index contributed by atoms with van der Waals surface area (Å²) < 4.78 is 11.2. The number of carbonyl (C=O) groups is 1. The molecule has 2 unspecified atom stereocenters. The van der Waals surface area contributed by atoms with Crippen LogP contribution in [0.1, 0.15) is 34.9 Å². The van der Waals surface area contributed by atoms with Gasteiger partial charge >= 0.3 is 5.97 Å². The minimum atomic E-state index is -0.951. The van der Waals surface area contributed by atoms with Crippen molar-refractivity contribution >= 4 is 18.6 Å². The number of hydrogen-bond acceptors (Lipinski definition) is 8. The van der Waals surface area contributed by atoms with Crippen LogP contribution in [-0.2, 0) is 14.3 Å². The van der Waals surface area contributed by atoms with Crippen molar-refractivity contribution in [2.75, 3.05) is 6.61 Å². The SMILES string of the molecule is CCOC(=O)C1=C(C(S)c2nc(-c3ccccc3)ccc2C#N)OC(N)=C(C#N)C1c1ccccc1. The highest BCUT2D eigenvalue weighted by molar-refractivity contribution is 7.80. The van der Waals surface area contributed by atoms with Gasteiger partial charge in [0.15, 0.2) is 0 Å². The number of carbonyl (C=O) groups excluding carboxylic acids is 1. The number of nitriles is 2. The maximum Gasteiger partial charge on any atom is 0.338 e. The van der Waals surface area contributed by atoms with E-state index in [1.807, 2.05) is 36.4 Å². The number of esters is 1. The van der Waals surface area contributed by atoms with Gasteiger partial charge in [-0.15, -0.1) is 0 Å². The molecule has 178 valence electrons. The average molecular weight is 495 g/mol. The molecular formula is C28H22N4O3S. The summed E-state index contributed by atoms with van der Waals surface area (Å²) in [5, 5.41) is 18.7. The number of rotatable bonds is 6. The Morgan fingerprint density at radius 2 is 1.75 bits per heavy atom. The van der Waals surface area contributed by atoms with Gasteiger partial charge in [0.1, 0.15) is 28.7 Å². The number of benzene rings is 2. The summed E-state index contributed by atoms with van der Waals surface area (Å²) in [4.78, 5) is 18.0. The molecule has 2 heterocycles. The van der Waals surface area contributed by atoms with Gasteiger partial charge in [0, 0.05) is 5.56 Å². The molecule has 0 radical (unpaired) electrons. The molecular weight excluding hydrogens is 472 g/mol. The summed E-state index contributed by atoms with van der Waals surface area (Å²) in [6.45, 7) is 1.80. The smallest absolute Gasteiger partial charge is 0.338 e. The molecule has 1 aliphatic heterocycles. The van der Waals surface area contributed by atoms with Crippen LogP contribution < -0.4 is 5.73 Å². The van der Waals surface area contributed by atoms with E-state index < -0.39 is 17.1 Å². The highest BCUT2D eigenvalue weighted by Crippen LogP contribution is 2.45. The molecule has 0 amide bonds. The molecule has 36 heavy (non-hydrogen) atoms. The predicted molar refractivity (Wildman–Crippen MR) is 137 cm³/mol. The zero-order valence-electron chi connectivity index (χ0n) is 19.4. The Morgan fingerprint density at radius 1 is 1.08 bits per heavy atom. The predicted octanol–water partition coefficient (Wildman–Crippen LogP) is 4.92. The average Bonchev–Trinajstić information content (AvgIpc) is 2.92. The van der Waals surface area contributed by atoms with Crippen molar-refractivity contribution in [1.82, 2.24) is 4.98 Å². The topological polar surface area (TPSA) is 122 Å². The number of nitrogens with two attached hydrogens (primary N) is 1. The molecule has 4 rings (SSSR count). The van der Waals surface area contributed by atoms with Crippen LogP contribution in [0.25, 0.3) is 11.3 Å². The van der Waals surface area contributed by atoms with Crippen LogP contribution >= 0.6 is 12.6 Å². The third-order valence-corrected chi connectivity index (χ3v) is 6.18. The number of nitrogens with zero attached hydrogens (tertiary/aromatic N) is 3. The van der Waals surface area contributed by atoms with Crippen LogP contribution in [0.15, 0.2) is 95.6 Å². The lowest BCUT2D eigenvalue weighted by Gasteiger charge is -2.30. The Kier molecular flexibility index (Phi) is 7.39. The maximum atomic E-state index is 13.3. The maximum absolute atomic E-state index is 13.3. The summed E-state index contributed by atoms with van der Waals surface area (Å²) in [6, 6.07) is 26.1.